The van der Waals surface area contributed by atoms with Crippen LogP contribution in [0.5, 0.6) is 0 Å². The van der Waals surface area contributed by atoms with Crippen LogP contribution in [0.3, 0.4) is 0 Å². The van der Waals surface area contributed by atoms with Gasteiger partial charge in [-0.25, -0.2) is 4.39 Å². The van der Waals surface area contributed by atoms with Crippen molar-refractivity contribution in [1.29, 1.82) is 0 Å². The second-order valence-electron chi connectivity index (χ2n) is 5.25. The van der Waals surface area contributed by atoms with Crippen molar-refractivity contribution >= 4 is 27.5 Å². The lowest BCUT2D eigenvalue weighted by atomic mass is 9.89. The topological polar surface area (TPSA) is 72.2 Å². The Morgan fingerprint density at radius 1 is 1.38 bits per heavy atom. The number of nitrogens with zero attached hydrogens (tertiary/aromatic N) is 1. The summed E-state index contributed by atoms with van der Waals surface area (Å²) in [5, 5.41) is 13.6. The first-order chi connectivity index (χ1) is 9.97. The molecule has 1 aromatic carbocycles. The Labute approximate surface area is 130 Å². The summed E-state index contributed by atoms with van der Waals surface area (Å²) in [6.07, 6.45) is 4.16. The lowest BCUT2D eigenvalue weighted by molar-refractivity contribution is -0.385. The second-order valence-corrected chi connectivity index (χ2v) is 6.54. The first-order valence-electron chi connectivity index (χ1n) is 6.83. The molecule has 1 fully saturated rings. The van der Waals surface area contributed by atoms with Gasteiger partial charge in [0.25, 0.3) is 11.6 Å². The highest BCUT2D eigenvalue weighted by Crippen LogP contribution is 2.28. The molecule has 0 atom stereocenters. The minimum Gasteiger partial charge on any atom is -0.352 e. The second kappa shape index (κ2) is 6.98. The van der Waals surface area contributed by atoms with Crippen molar-refractivity contribution in [3.8, 4) is 0 Å². The highest BCUT2D eigenvalue weighted by atomic mass is 79.9. The summed E-state index contributed by atoms with van der Waals surface area (Å²) in [5.74, 6) is -0.862. The molecule has 0 saturated heterocycles. The molecule has 0 unspecified atom stereocenters. The zero-order chi connectivity index (χ0) is 15.4. The van der Waals surface area contributed by atoms with Crippen LogP contribution in [0.1, 0.15) is 36.0 Å². The van der Waals surface area contributed by atoms with Crippen LogP contribution in [0.2, 0.25) is 0 Å². The van der Waals surface area contributed by atoms with Crippen molar-refractivity contribution in [2.45, 2.75) is 30.5 Å². The van der Waals surface area contributed by atoms with Crippen LogP contribution in [-0.4, -0.2) is 22.2 Å². The molecule has 1 amide bonds. The van der Waals surface area contributed by atoms with Gasteiger partial charge in [-0.05, 0) is 43.7 Å². The molecule has 1 saturated carbocycles. The van der Waals surface area contributed by atoms with E-state index in [1.807, 2.05) is 0 Å². The molecule has 0 spiro atoms. The summed E-state index contributed by atoms with van der Waals surface area (Å²) in [4.78, 5) is 22.7. The maximum absolute atomic E-state index is 13.0. The Morgan fingerprint density at radius 3 is 2.67 bits per heavy atom. The highest BCUT2D eigenvalue weighted by Gasteiger charge is 2.23. The number of nitro benzene ring substituents is 1. The van der Waals surface area contributed by atoms with Gasteiger partial charge in [-0.1, -0.05) is 15.9 Å². The summed E-state index contributed by atoms with van der Waals surface area (Å²) >= 11 is 3.57. The van der Waals surface area contributed by atoms with Gasteiger partial charge in [0, 0.05) is 11.4 Å². The zero-order valence-electron chi connectivity index (χ0n) is 11.4. The smallest absolute Gasteiger partial charge is 0.285 e. The number of hydrogen-bond acceptors (Lipinski definition) is 3. The van der Waals surface area contributed by atoms with Crippen molar-refractivity contribution < 1.29 is 14.1 Å². The van der Waals surface area contributed by atoms with Gasteiger partial charge in [-0.2, -0.15) is 0 Å². The molecule has 1 aliphatic rings. The average Bonchev–Trinajstić information content (AvgIpc) is 2.46. The fraction of sp³-hybridized carbons (Fsp3) is 0.500. The molecule has 1 aliphatic carbocycles. The summed E-state index contributed by atoms with van der Waals surface area (Å²) in [6.45, 7) is 0.493. The number of amides is 1. The number of rotatable bonds is 4. The monoisotopic (exact) mass is 358 g/mol. The summed E-state index contributed by atoms with van der Waals surface area (Å²) in [6, 6.07) is 2.97. The molecule has 114 valence electrons. The number of alkyl halides is 1. The van der Waals surface area contributed by atoms with Crippen molar-refractivity contribution in [1.82, 2.24) is 5.32 Å². The largest absolute Gasteiger partial charge is 0.352 e. The Kier molecular flexibility index (Phi) is 5.27. The SMILES string of the molecule is O=C(NCC1CCC(Br)CC1)c1ccc(F)cc1[N+](=O)[O-]. The van der Waals surface area contributed by atoms with E-state index in [-0.39, 0.29) is 5.56 Å². The summed E-state index contributed by atoms with van der Waals surface area (Å²) in [7, 11) is 0. The molecule has 0 aliphatic heterocycles. The predicted molar refractivity (Wildman–Crippen MR) is 80.1 cm³/mol. The molecule has 0 aromatic heterocycles. The summed E-state index contributed by atoms with van der Waals surface area (Å²) in [5.41, 5.74) is -0.604. The Bertz CT molecular complexity index is 545. The summed E-state index contributed by atoms with van der Waals surface area (Å²) < 4.78 is 13.0. The van der Waals surface area contributed by atoms with E-state index < -0.39 is 22.3 Å². The molecule has 0 heterocycles. The average molecular weight is 359 g/mol. The number of nitro groups is 1. The van der Waals surface area contributed by atoms with E-state index in [2.05, 4.69) is 21.2 Å². The van der Waals surface area contributed by atoms with E-state index in [9.17, 15) is 19.3 Å². The highest BCUT2D eigenvalue weighted by molar-refractivity contribution is 9.09. The quantitative estimate of drug-likeness (QED) is 0.509. The van der Waals surface area contributed by atoms with E-state index >= 15 is 0 Å². The van der Waals surface area contributed by atoms with Crippen LogP contribution in [0.4, 0.5) is 10.1 Å². The van der Waals surface area contributed by atoms with Gasteiger partial charge in [-0.3, -0.25) is 14.9 Å². The lowest BCUT2D eigenvalue weighted by Crippen LogP contribution is -2.31. The van der Waals surface area contributed by atoms with Crippen LogP contribution in [0, 0.1) is 21.8 Å². The standard InChI is InChI=1S/C14H16BrFN2O3/c15-10-3-1-9(2-4-10)8-17-14(19)12-6-5-11(16)7-13(12)18(20)21/h5-7,9-10H,1-4,8H2,(H,17,19). The number of hydrogen-bond donors (Lipinski definition) is 1. The van der Waals surface area contributed by atoms with Crippen molar-refractivity contribution in [3.05, 3.63) is 39.7 Å². The zero-order valence-corrected chi connectivity index (χ0v) is 12.9. The molecule has 1 N–H and O–H groups in total. The maximum Gasteiger partial charge on any atom is 0.285 e. The van der Waals surface area contributed by atoms with Crippen molar-refractivity contribution in [2.75, 3.05) is 6.54 Å². The molecule has 0 radical (unpaired) electrons. The van der Waals surface area contributed by atoms with Crippen LogP contribution < -0.4 is 5.32 Å². The first kappa shape index (κ1) is 15.9. The number of carbonyl (C=O) groups excluding carboxylic acids is 1. The Morgan fingerprint density at radius 2 is 2.05 bits per heavy atom. The molecule has 1 aromatic rings. The predicted octanol–water partition coefficient (Wildman–Crippen LogP) is 3.42. The molecular formula is C14H16BrFN2O3. The third kappa shape index (κ3) is 4.23. The van der Waals surface area contributed by atoms with Gasteiger partial charge in [-0.15, -0.1) is 0 Å². The normalized spacial score (nSPS) is 21.8. The van der Waals surface area contributed by atoms with E-state index in [1.54, 1.807) is 0 Å². The number of carbonyl (C=O) groups is 1. The number of halogens is 2. The van der Waals surface area contributed by atoms with Gasteiger partial charge in [0.1, 0.15) is 11.4 Å². The van der Waals surface area contributed by atoms with E-state index in [4.69, 9.17) is 0 Å². The van der Waals surface area contributed by atoms with E-state index in [0.717, 1.165) is 43.9 Å². The molecular weight excluding hydrogens is 343 g/mol. The van der Waals surface area contributed by atoms with E-state index in [0.29, 0.717) is 17.3 Å². The molecule has 0 bridgehead atoms. The van der Waals surface area contributed by atoms with Gasteiger partial charge in [0.2, 0.25) is 0 Å². The van der Waals surface area contributed by atoms with Gasteiger partial charge >= 0.3 is 0 Å². The van der Waals surface area contributed by atoms with E-state index in [1.165, 1.54) is 0 Å². The maximum atomic E-state index is 13.0. The minimum atomic E-state index is -0.742. The Hall–Kier alpha value is -1.50. The molecule has 7 heteroatoms. The van der Waals surface area contributed by atoms with Crippen LogP contribution in [0.15, 0.2) is 18.2 Å². The Balaban J connectivity index is 1.99. The fourth-order valence-electron chi connectivity index (χ4n) is 2.51. The lowest BCUT2D eigenvalue weighted by Gasteiger charge is -2.25. The van der Waals surface area contributed by atoms with Gasteiger partial charge < -0.3 is 5.32 Å². The molecule has 2 rings (SSSR count). The van der Waals surface area contributed by atoms with Gasteiger partial charge in [0.05, 0.1) is 11.0 Å². The number of benzene rings is 1. The molecule has 5 nitrogen and oxygen atoms in total. The third-order valence-corrected chi connectivity index (χ3v) is 4.64. The van der Waals surface area contributed by atoms with Crippen LogP contribution in [-0.2, 0) is 0 Å². The molecule has 21 heavy (non-hydrogen) atoms. The third-order valence-electron chi connectivity index (χ3n) is 3.73. The number of nitrogens with one attached hydrogen (secondary N) is 1. The minimum absolute atomic E-state index is 0.101. The van der Waals surface area contributed by atoms with Gasteiger partial charge in [0.15, 0.2) is 0 Å². The van der Waals surface area contributed by atoms with Crippen molar-refractivity contribution in [3.63, 3.8) is 0 Å². The fourth-order valence-corrected chi connectivity index (χ4v) is 3.03. The van der Waals surface area contributed by atoms with Crippen molar-refractivity contribution in [2.24, 2.45) is 5.92 Å². The van der Waals surface area contributed by atoms with Crippen LogP contribution >= 0.6 is 15.9 Å². The van der Waals surface area contributed by atoms with Crippen LogP contribution in [0.25, 0.3) is 0 Å². The first-order valence-corrected chi connectivity index (χ1v) is 7.75.